The van der Waals surface area contributed by atoms with Crippen LogP contribution in [0.1, 0.15) is 49.7 Å². The number of sulfonamides is 1. The van der Waals surface area contributed by atoms with Crippen LogP contribution in [0.15, 0.2) is 18.2 Å². The Bertz CT molecular complexity index is 678. The van der Waals surface area contributed by atoms with Crippen molar-refractivity contribution >= 4 is 21.6 Å². The van der Waals surface area contributed by atoms with Gasteiger partial charge in [0.15, 0.2) is 0 Å². The molecule has 1 aliphatic rings. The highest BCUT2D eigenvalue weighted by Gasteiger charge is 2.29. The Morgan fingerprint density at radius 2 is 1.79 bits per heavy atom. The van der Waals surface area contributed by atoms with Crippen LogP contribution in [0, 0.1) is 13.8 Å². The van der Waals surface area contributed by atoms with Crippen LogP contribution in [0.3, 0.4) is 0 Å². The molecule has 0 saturated heterocycles. The number of benzene rings is 1. The van der Waals surface area contributed by atoms with Gasteiger partial charge < -0.3 is 5.32 Å². The number of carbonyl (C=O) groups is 1. The molecule has 0 radical (unpaired) electrons. The van der Waals surface area contributed by atoms with Crippen molar-refractivity contribution in [1.82, 2.24) is 4.31 Å². The molecule has 2 rings (SSSR count). The molecule has 0 atom stereocenters. The minimum atomic E-state index is -3.41. The highest BCUT2D eigenvalue weighted by atomic mass is 32.2. The molecule has 0 aliphatic heterocycles. The molecule has 1 amide bonds. The summed E-state index contributed by atoms with van der Waals surface area (Å²) in [5, 5.41) is 2.86. The zero-order chi connectivity index (χ0) is 17.7. The van der Waals surface area contributed by atoms with E-state index in [-0.39, 0.29) is 18.5 Å². The number of carbonyl (C=O) groups excluding carboxylic acids is 1. The minimum absolute atomic E-state index is 0.0631. The van der Waals surface area contributed by atoms with Crippen molar-refractivity contribution in [3.05, 3.63) is 29.3 Å². The maximum atomic E-state index is 12.4. The Hall–Kier alpha value is -1.40. The van der Waals surface area contributed by atoms with Gasteiger partial charge in [-0.15, -0.1) is 0 Å². The Balaban J connectivity index is 2.11. The lowest BCUT2D eigenvalue weighted by atomic mass is 10.1. The molecular formula is C18H28N2O3S. The molecule has 0 spiro atoms. The average molecular weight is 353 g/mol. The van der Waals surface area contributed by atoms with E-state index < -0.39 is 10.0 Å². The molecule has 1 saturated carbocycles. The summed E-state index contributed by atoms with van der Waals surface area (Å²) in [6.45, 7) is 3.77. The van der Waals surface area contributed by atoms with Crippen LogP contribution in [0.25, 0.3) is 0 Å². The van der Waals surface area contributed by atoms with Crippen molar-refractivity contribution in [2.75, 3.05) is 18.1 Å². The van der Waals surface area contributed by atoms with Crippen LogP contribution in [-0.4, -0.2) is 37.5 Å². The molecule has 134 valence electrons. The number of amides is 1. The highest BCUT2D eigenvalue weighted by molar-refractivity contribution is 7.88. The first-order valence-corrected chi connectivity index (χ1v) is 10.5. The third-order valence-electron chi connectivity index (χ3n) is 4.62. The molecule has 1 N–H and O–H groups in total. The summed E-state index contributed by atoms with van der Waals surface area (Å²) in [7, 11) is -3.41. The molecule has 24 heavy (non-hydrogen) atoms. The summed E-state index contributed by atoms with van der Waals surface area (Å²) in [6, 6.07) is 5.78. The van der Waals surface area contributed by atoms with E-state index in [0.29, 0.717) is 0 Å². The maximum absolute atomic E-state index is 12.4. The second-order valence-corrected chi connectivity index (χ2v) is 8.76. The maximum Gasteiger partial charge on any atom is 0.239 e. The van der Waals surface area contributed by atoms with Gasteiger partial charge in [-0.05, 0) is 43.9 Å². The summed E-state index contributed by atoms with van der Waals surface area (Å²) in [4.78, 5) is 12.4. The van der Waals surface area contributed by atoms with Crippen molar-refractivity contribution in [2.24, 2.45) is 0 Å². The van der Waals surface area contributed by atoms with Crippen LogP contribution in [-0.2, 0) is 14.8 Å². The molecule has 5 nitrogen and oxygen atoms in total. The Morgan fingerprint density at radius 3 is 2.38 bits per heavy atom. The van der Waals surface area contributed by atoms with Gasteiger partial charge in [-0.25, -0.2) is 8.42 Å². The predicted octanol–water partition coefficient (Wildman–Crippen LogP) is 3.23. The molecule has 6 heteroatoms. The summed E-state index contributed by atoms with van der Waals surface area (Å²) in [6.07, 6.45) is 7.20. The van der Waals surface area contributed by atoms with Crippen LogP contribution in [0.4, 0.5) is 5.69 Å². The van der Waals surface area contributed by atoms with Gasteiger partial charge in [-0.2, -0.15) is 4.31 Å². The fourth-order valence-electron chi connectivity index (χ4n) is 3.26. The van der Waals surface area contributed by atoms with E-state index in [4.69, 9.17) is 0 Å². The van der Waals surface area contributed by atoms with E-state index in [0.717, 1.165) is 55.3 Å². The number of nitrogens with one attached hydrogen (secondary N) is 1. The first-order valence-electron chi connectivity index (χ1n) is 8.61. The number of hydrogen-bond donors (Lipinski definition) is 1. The van der Waals surface area contributed by atoms with Crippen molar-refractivity contribution in [3.8, 4) is 0 Å². The lowest BCUT2D eigenvalue weighted by molar-refractivity contribution is -0.116. The lowest BCUT2D eigenvalue weighted by Gasteiger charge is -2.28. The standard InChI is InChI=1S/C18H28N2O3S/c1-14-10-11-15(2)17(12-14)19-18(21)13-20(24(3,22)23)16-8-6-4-5-7-9-16/h10-12,16H,4-9,13H2,1-3H3,(H,19,21). The van der Waals surface area contributed by atoms with Crippen molar-refractivity contribution < 1.29 is 13.2 Å². The van der Waals surface area contributed by atoms with E-state index >= 15 is 0 Å². The van der Waals surface area contributed by atoms with Gasteiger partial charge in [-0.1, -0.05) is 37.8 Å². The second-order valence-electron chi connectivity index (χ2n) is 6.82. The van der Waals surface area contributed by atoms with Gasteiger partial charge in [0.05, 0.1) is 12.8 Å². The lowest BCUT2D eigenvalue weighted by Crippen LogP contribution is -2.44. The SMILES string of the molecule is Cc1ccc(C)c(NC(=O)CN(C2CCCCCC2)S(C)(=O)=O)c1. The Kier molecular flexibility index (Phi) is 6.40. The van der Waals surface area contributed by atoms with Gasteiger partial charge in [0.25, 0.3) is 0 Å². The first-order chi connectivity index (χ1) is 11.3. The normalized spacial score (nSPS) is 16.8. The van der Waals surface area contributed by atoms with E-state index in [9.17, 15) is 13.2 Å². The molecule has 0 aromatic heterocycles. The smallest absolute Gasteiger partial charge is 0.239 e. The Morgan fingerprint density at radius 1 is 1.17 bits per heavy atom. The molecule has 1 aromatic carbocycles. The second kappa shape index (κ2) is 8.12. The fourth-order valence-corrected chi connectivity index (χ4v) is 4.37. The summed E-state index contributed by atoms with van der Waals surface area (Å²) in [5.74, 6) is -0.279. The molecule has 0 unspecified atom stereocenters. The van der Waals surface area contributed by atoms with Crippen LogP contribution in [0.2, 0.25) is 0 Å². The number of hydrogen-bond acceptors (Lipinski definition) is 3. The summed E-state index contributed by atoms with van der Waals surface area (Å²) < 4.78 is 25.8. The third-order valence-corrected chi connectivity index (χ3v) is 5.90. The topological polar surface area (TPSA) is 66.5 Å². The highest BCUT2D eigenvalue weighted by Crippen LogP contribution is 2.24. The van der Waals surface area contributed by atoms with E-state index in [1.165, 1.54) is 10.6 Å². The fraction of sp³-hybridized carbons (Fsp3) is 0.611. The van der Waals surface area contributed by atoms with Gasteiger partial charge in [-0.3, -0.25) is 4.79 Å². The van der Waals surface area contributed by atoms with Crippen LogP contribution < -0.4 is 5.32 Å². The largest absolute Gasteiger partial charge is 0.325 e. The number of rotatable bonds is 5. The minimum Gasteiger partial charge on any atom is -0.325 e. The quantitative estimate of drug-likeness (QED) is 0.827. The molecule has 0 bridgehead atoms. The summed E-state index contributed by atoms with van der Waals surface area (Å²) >= 11 is 0. The van der Waals surface area contributed by atoms with E-state index in [1.807, 2.05) is 32.0 Å². The van der Waals surface area contributed by atoms with Crippen molar-refractivity contribution in [3.63, 3.8) is 0 Å². The number of anilines is 1. The Labute approximate surface area is 145 Å². The van der Waals surface area contributed by atoms with E-state index in [2.05, 4.69) is 5.32 Å². The van der Waals surface area contributed by atoms with Gasteiger partial charge in [0.1, 0.15) is 0 Å². The predicted molar refractivity (Wildman–Crippen MR) is 97.6 cm³/mol. The third kappa shape index (κ3) is 5.31. The molecule has 1 aromatic rings. The van der Waals surface area contributed by atoms with Crippen LogP contribution >= 0.6 is 0 Å². The zero-order valence-corrected chi connectivity index (χ0v) is 15.7. The number of nitrogens with zero attached hydrogens (tertiary/aromatic N) is 1. The van der Waals surface area contributed by atoms with E-state index in [1.54, 1.807) is 0 Å². The van der Waals surface area contributed by atoms with Gasteiger partial charge in [0, 0.05) is 11.7 Å². The monoisotopic (exact) mass is 352 g/mol. The average Bonchev–Trinajstić information content (AvgIpc) is 2.76. The van der Waals surface area contributed by atoms with Crippen molar-refractivity contribution in [1.29, 1.82) is 0 Å². The van der Waals surface area contributed by atoms with Gasteiger partial charge >= 0.3 is 0 Å². The van der Waals surface area contributed by atoms with Gasteiger partial charge in [0.2, 0.25) is 15.9 Å². The van der Waals surface area contributed by atoms with Crippen LogP contribution in [0.5, 0.6) is 0 Å². The molecule has 1 aliphatic carbocycles. The van der Waals surface area contributed by atoms with Crippen molar-refractivity contribution in [2.45, 2.75) is 58.4 Å². The molecular weight excluding hydrogens is 324 g/mol. The number of aryl methyl sites for hydroxylation is 2. The summed E-state index contributed by atoms with van der Waals surface area (Å²) in [5.41, 5.74) is 2.77. The zero-order valence-electron chi connectivity index (χ0n) is 14.8. The first kappa shape index (κ1) is 18.9. The molecule has 0 heterocycles. The molecule has 1 fully saturated rings.